The molecule has 128 valence electrons. The summed E-state index contributed by atoms with van der Waals surface area (Å²) in [5.41, 5.74) is 0. The molecular formula is C19H42OSi. The van der Waals surface area contributed by atoms with Crippen LogP contribution in [0, 0.1) is 0 Å². The van der Waals surface area contributed by atoms with Crippen molar-refractivity contribution >= 4 is 10.5 Å². The molecule has 21 heavy (non-hydrogen) atoms. The molecule has 0 saturated carbocycles. The molecule has 0 saturated heterocycles. The molecule has 0 bridgehead atoms. The van der Waals surface area contributed by atoms with Gasteiger partial charge in [0.15, 0.2) is 0 Å². The van der Waals surface area contributed by atoms with Gasteiger partial charge in [-0.15, -0.1) is 0 Å². The van der Waals surface area contributed by atoms with Crippen molar-refractivity contribution in [3.8, 4) is 0 Å². The van der Waals surface area contributed by atoms with Gasteiger partial charge in [0.05, 0.1) is 0 Å². The van der Waals surface area contributed by atoms with Crippen molar-refractivity contribution in [1.82, 2.24) is 0 Å². The van der Waals surface area contributed by atoms with Crippen molar-refractivity contribution in [2.75, 3.05) is 0 Å². The molecule has 0 radical (unpaired) electrons. The van der Waals surface area contributed by atoms with Gasteiger partial charge in [-0.1, -0.05) is 104 Å². The third-order valence-corrected chi connectivity index (χ3v) is 5.26. The molecule has 0 aliphatic rings. The lowest BCUT2D eigenvalue weighted by atomic mass is 10.0. The van der Waals surface area contributed by atoms with Crippen LogP contribution in [0.25, 0.3) is 0 Å². The van der Waals surface area contributed by atoms with Crippen molar-refractivity contribution in [3.63, 3.8) is 0 Å². The van der Waals surface area contributed by atoms with E-state index < -0.39 is 0 Å². The highest BCUT2D eigenvalue weighted by Crippen LogP contribution is 2.16. The predicted molar refractivity (Wildman–Crippen MR) is 100 cm³/mol. The Morgan fingerprint density at radius 1 is 0.571 bits per heavy atom. The van der Waals surface area contributed by atoms with E-state index in [1.165, 1.54) is 103 Å². The number of unbranched alkanes of at least 4 members (excludes halogenated alkanes) is 12. The van der Waals surface area contributed by atoms with E-state index >= 15 is 0 Å². The van der Waals surface area contributed by atoms with Crippen LogP contribution in [0.3, 0.4) is 0 Å². The van der Waals surface area contributed by atoms with Gasteiger partial charge in [-0.05, 0) is 12.8 Å². The van der Waals surface area contributed by atoms with Crippen LogP contribution >= 0.6 is 0 Å². The first-order chi connectivity index (χ1) is 10.3. The summed E-state index contributed by atoms with van der Waals surface area (Å²) >= 11 is 0. The molecule has 0 heterocycles. The highest BCUT2D eigenvalue weighted by molar-refractivity contribution is 5.98. The molecule has 0 fully saturated rings. The van der Waals surface area contributed by atoms with Gasteiger partial charge >= 0.3 is 0 Å². The minimum absolute atomic E-state index is 0.586. The molecule has 2 heteroatoms. The van der Waals surface area contributed by atoms with Gasteiger partial charge < -0.3 is 4.43 Å². The largest absolute Gasteiger partial charge is 0.425 e. The van der Waals surface area contributed by atoms with Crippen molar-refractivity contribution in [3.05, 3.63) is 0 Å². The molecule has 0 aliphatic carbocycles. The Balaban J connectivity index is 3.28. The molecule has 0 spiro atoms. The van der Waals surface area contributed by atoms with E-state index in [9.17, 15) is 0 Å². The van der Waals surface area contributed by atoms with Gasteiger partial charge in [-0.2, -0.15) is 0 Å². The Kier molecular flexibility index (Phi) is 18.4. The van der Waals surface area contributed by atoms with Gasteiger partial charge in [0.2, 0.25) is 0 Å². The Morgan fingerprint density at radius 2 is 0.905 bits per heavy atom. The maximum atomic E-state index is 5.78. The zero-order chi connectivity index (χ0) is 15.6. The summed E-state index contributed by atoms with van der Waals surface area (Å²) in [5.74, 6) is 0. The van der Waals surface area contributed by atoms with E-state index in [0.29, 0.717) is 6.10 Å². The fraction of sp³-hybridized carbons (Fsp3) is 1.00. The topological polar surface area (TPSA) is 9.23 Å². The zero-order valence-corrected chi connectivity index (χ0v) is 17.3. The molecule has 1 nitrogen and oxygen atoms in total. The first-order valence-electron chi connectivity index (χ1n) is 9.87. The predicted octanol–water partition coefficient (Wildman–Crippen LogP) is 5.93. The smallest absolute Gasteiger partial charge is 0.146 e. The van der Waals surface area contributed by atoms with E-state index in [4.69, 9.17) is 4.43 Å². The minimum atomic E-state index is 0.586. The van der Waals surface area contributed by atoms with Crippen molar-refractivity contribution in [2.24, 2.45) is 0 Å². The Bertz CT molecular complexity index is 184. The average Bonchev–Trinajstić information content (AvgIpc) is 2.51. The zero-order valence-electron chi connectivity index (χ0n) is 15.3. The van der Waals surface area contributed by atoms with Gasteiger partial charge in [0, 0.05) is 6.10 Å². The molecule has 0 rings (SSSR count). The average molecular weight is 315 g/mol. The monoisotopic (exact) mass is 314 g/mol. The van der Waals surface area contributed by atoms with Crippen molar-refractivity contribution in [2.45, 2.75) is 123 Å². The molecule has 0 N–H and O–H groups in total. The quantitative estimate of drug-likeness (QED) is 0.239. The third kappa shape index (κ3) is 16.4. The summed E-state index contributed by atoms with van der Waals surface area (Å²) < 4.78 is 5.78. The lowest BCUT2D eigenvalue weighted by Gasteiger charge is -2.15. The normalized spacial score (nSPS) is 12.9. The van der Waals surface area contributed by atoms with Crippen LogP contribution in [0.5, 0.6) is 0 Å². The van der Waals surface area contributed by atoms with E-state index in [-0.39, 0.29) is 0 Å². The second-order valence-corrected chi connectivity index (χ2v) is 7.15. The van der Waals surface area contributed by atoms with Crippen LogP contribution in [0.4, 0.5) is 0 Å². The highest BCUT2D eigenvalue weighted by atomic mass is 28.2. The highest BCUT2D eigenvalue weighted by Gasteiger charge is 2.06. The Labute approximate surface area is 138 Å². The summed E-state index contributed by atoms with van der Waals surface area (Å²) in [6.45, 7) is 4.58. The molecule has 0 amide bonds. The molecular weight excluding hydrogens is 272 g/mol. The maximum Gasteiger partial charge on any atom is 0.146 e. The fourth-order valence-electron chi connectivity index (χ4n) is 3.04. The molecule has 0 aromatic heterocycles. The second kappa shape index (κ2) is 18.2. The van der Waals surface area contributed by atoms with Gasteiger partial charge in [-0.3, -0.25) is 0 Å². The lowest BCUT2D eigenvalue weighted by molar-refractivity contribution is 0.189. The van der Waals surface area contributed by atoms with Crippen LogP contribution in [-0.4, -0.2) is 16.6 Å². The first kappa shape index (κ1) is 21.2. The Hall–Kier alpha value is 0.177. The van der Waals surface area contributed by atoms with Gasteiger partial charge in [0.1, 0.15) is 10.5 Å². The summed E-state index contributed by atoms with van der Waals surface area (Å²) in [7, 11) is 0.913. The van der Waals surface area contributed by atoms with E-state index in [1.807, 2.05) is 0 Å². The van der Waals surface area contributed by atoms with Gasteiger partial charge in [0.25, 0.3) is 0 Å². The summed E-state index contributed by atoms with van der Waals surface area (Å²) in [6, 6.07) is 0. The third-order valence-electron chi connectivity index (χ3n) is 4.59. The second-order valence-electron chi connectivity index (χ2n) is 6.68. The summed E-state index contributed by atoms with van der Waals surface area (Å²) in [6.07, 6.45) is 23.0. The molecule has 0 aliphatic heterocycles. The SMILES string of the molecule is CCCCCCCCCCC(CCCCCCCC)O[SiH3]. The number of hydrogen-bond donors (Lipinski definition) is 0. The standard InChI is InChI=1S/C19H42OSi/c1-3-5-7-9-11-12-14-16-18-19(20-21)17-15-13-10-8-6-4-2/h19H,3-18H2,1-2,21H3. The van der Waals surface area contributed by atoms with Crippen LogP contribution in [-0.2, 0) is 4.43 Å². The molecule has 0 aromatic carbocycles. The summed E-state index contributed by atoms with van der Waals surface area (Å²) in [4.78, 5) is 0. The minimum Gasteiger partial charge on any atom is -0.425 e. The molecule has 1 unspecified atom stereocenters. The Morgan fingerprint density at radius 3 is 1.24 bits per heavy atom. The number of hydrogen-bond acceptors (Lipinski definition) is 1. The van der Waals surface area contributed by atoms with Crippen LogP contribution in [0.15, 0.2) is 0 Å². The maximum absolute atomic E-state index is 5.78. The van der Waals surface area contributed by atoms with E-state index in [1.54, 1.807) is 0 Å². The van der Waals surface area contributed by atoms with Crippen LogP contribution in [0.2, 0.25) is 0 Å². The lowest BCUT2D eigenvalue weighted by Crippen LogP contribution is -2.11. The van der Waals surface area contributed by atoms with E-state index in [0.717, 1.165) is 10.5 Å². The van der Waals surface area contributed by atoms with Crippen molar-refractivity contribution < 1.29 is 4.43 Å². The van der Waals surface area contributed by atoms with Crippen LogP contribution in [0.1, 0.15) is 117 Å². The van der Waals surface area contributed by atoms with E-state index in [2.05, 4.69) is 13.8 Å². The van der Waals surface area contributed by atoms with Crippen LogP contribution < -0.4 is 0 Å². The van der Waals surface area contributed by atoms with Gasteiger partial charge in [-0.25, -0.2) is 0 Å². The first-order valence-corrected chi connectivity index (χ1v) is 10.7. The molecule has 1 atom stereocenters. The molecule has 0 aromatic rings. The fourth-order valence-corrected chi connectivity index (χ4v) is 3.51. The summed E-state index contributed by atoms with van der Waals surface area (Å²) in [5, 5.41) is 0. The van der Waals surface area contributed by atoms with Crippen molar-refractivity contribution in [1.29, 1.82) is 0 Å². The number of rotatable bonds is 17.